The molecule has 0 fully saturated rings. The molecular formula is C27H24N4O4. The highest BCUT2D eigenvalue weighted by Gasteiger charge is 2.08. The Balaban J connectivity index is 1.43. The van der Waals surface area contributed by atoms with Gasteiger partial charge in [0.15, 0.2) is 11.5 Å². The Morgan fingerprint density at radius 2 is 1.71 bits per heavy atom. The first-order chi connectivity index (χ1) is 17.1. The lowest BCUT2D eigenvalue weighted by Crippen LogP contribution is -2.19. The molecular weight excluding hydrogens is 444 g/mol. The fourth-order valence-electron chi connectivity index (χ4n) is 3.50. The Hall–Kier alpha value is -4.72. The Bertz CT molecular complexity index is 1410. The summed E-state index contributed by atoms with van der Waals surface area (Å²) in [5.41, 5.74) is 4.88. The van der Waals surface area contributed by atoms with Gasteiger partial charge in [0.05, 0.1) is 38.2 Å². The predicted octanol–water partition coefficient (Wildman–Crippen LogP) is 5.67. The molecule has 0 saturated carbocycles. The van der Waals surface area contributed by atoms with Gasteiger partial charge in [-0.15, -0.1) is 5.11 Å². The fraction of sp³-hybridized carbons (Fsp3) is 0.111. The van der Waals surface area contributed by atoms with Crippen molar-refractivity contribution in [3.05, 3.63) is 90.0 Å². The number of hydrogen-bond acceptors (Lipinski definition) is 7. The molecule has 0 spiro atoms. The quantitative estimate of drug-likeness (QED) is 0.197. The van der Waals surface area contributed by atoms with Crippen LogP contribution in [0.1, 0.15) is 11.1 Å². The lowest BCUT2D eigenvalue weighted by atomic mass is 10.1. The minimum Gasteiger partial charge on any atom is -0.507 e. The highest BCUT2D eigenvalue weighted by Crippen LogP contribution is 2.29. The number of hydrazone groups is 1. The van der Waals surface area contributed by atoms with Crippen LogP contribution in [-0.2, 0) is 11.2 Å². The van der Waals surface area contributed by atoms with Gasteiger partial charge in [-0.1, -0.05) is 42.5 Å². The van der Waals surface area contributed by atoms with Crippen LogP contribution in [0.3, 0.4) is 0 Å². The number of fused-ring (bicyclic) bond motifs is 1. The number of carbonyl (C=O) groups is 1. The number of nitrogens with one attached hydrogen (secondary N) is 1. The molecule has 1 amide bonds. The molecule has 0 aliphatic carbocycles. The van der Waals surface area contributed by atoms with Gasteiger partial charge in [0, 0.05) is 10.9 Å². The number of phenolic OH excluding ortho intramolecular Hbond substituents is 1. The molecule has 176 valence electrons. The fourth-order valence-corrected chi connectivity index (χ4v) is 3.50. The lowest BCUT2D eigenvalue weighted by Gasteiger charge is -2.09. The number of hydrogen-bond donors (Lipinski definition) is 2. The normalized spacial score (nSPS) is 11.3. The van der Waals surface area contributed by atoms with E-state index in [4.69, 9.17) is 9.47 Å². The number of carbonyl (C=O) groups excluding carboxylic acids is 1. The van der Waals surface area contributed by atoms with E-state index in [0.29, 0.717) is 22.7 Å². The summed E-state index contributed by atoms with van der Waals surface area (Å²) in [6, 6.07) is 23.8. The van der Waals surface area contributed by atoms with Crippen LogP contribution in [0.25, 0.3) is 10.8 Å². The molecule has 4 aromatic rings. The number of aromatic hydroxyl groups is 1. The summed E-state index contributed by atoms with van der Waals surface area (Å²) >= 11 is 0. The third-order valence-electron chi connectivity index (χ3n) is 5.26. The van der Waals surface area contributed by atoms with E-state index in [-0.39, 0.29) is 18.1 Å². The first kappa shape index (κ1) is 23.4. The molecule has 0 radical (unpaired) electrons. The lowest BCUT2D eigenvalue weighted by molar-refractivity contribution is -0.120. The Morgan fingerprint density at radius 1 is 0.914 bits per heavy atom. The van der Waals surface area contributed by atoms with Crippen LogP contribution in [0, 0.1) is 0 Å². The van der Waals surface area contributed by atoms with E-state index >= 15 is 0 Å². The number of nitrogens with zero attached hydrogens (tertiary/aromatic N) is 3. The second-order valence-corrected chi connectivity index (χ2v) is 7.60. The van der Waals surface area contributed by atoms with Crippen LogP contribution >= 0.6 is 0 Å². The number of benzene rings is 4. The standard InChI is InChI=1S/C27H24N4O4/c1-34-25-13-10-18(14-26(25)35-2)15-27(33)31-28-17-20-16-21(11-12-24(20)32)29-30-23-9-5-7-19-6-3-4-8-22(19)23/h3-14,16-17,32H,15H2,1-2H3,(H,31,33)/b28-17-,30-29?. The third kappa shape index (κ3) is 5.80. The molecule has 2 N–H and O–H groups in total. The molecule has 8 nitrogen and oxygen atoms in total. The van der Waals surface area contributed by atoms with Gasteiger partial charge in [-0.05, 0) is 47.3 Å². The van der Waals surface area contributed by atoms with Crippen molar-refractivity contribution in [3.8, 4) is 17.2 Å². The van der Waals surface area contributed by atoms with E-state index in [2.05, 4.69) is 20.8 Å². The molecule has 0 heterocycles. The minimum atomic E-state index is -0.320. The number of ether oxygens (including phenoxy) is 2. The molecule has 0 atom stereocenters. The van der Waals surface area contributed by atoms with E-state index in [1.807, 2.05) is 42.5 Å². The van der Waals surface area contributed by atoms with Crippen molar-refractivity contribution >= 4 is 34.3 Å². The Morgan fingerprint density at radius 3 is 2.54 bits per heavy atom. The minimum absolute atomic E-state index is 0.00648. The van der Waals surface area contributed by atoms with E-state index in [9.17, 15) is 9.90 Å². The van der Waals surface area contributed by atoms with Crippen LogP contribution in [-0.4, -0.2) is 31.4 Å². The van der Waals surface area contributed by atoms with Gasteiger partial charge >= 0.3 is 0 Å². The maximum absolute atomic E-state index is 12.3. The average molecular weight is 469 g/mol. The number of rotatable bonds is 8. The topological polar surface area (TPSA) is 105 Å². The van der Waals surface area contributed by atoms with Gasteiger partial charge in [0.25, 0.3) is 0 Å². The van der Waals surface area contributed by atoms with Crippen molar-refractivity contribution in [3.63, 3.8) is 0 Å². The number of amides is 1. The Kier molecular flexibility index (Phi) is 7.32. The average Bonchev–Trinajstić information content (AvgIpc) is 2.88. The van der Waals surface area contributed by atoms with Crippen LogP contribution in [0.5, 0.6) is 17.2 Å². The van der Waals surface area contributed by atoms with Crippen LogP contribution in [0.4, 0.5) is 11.4 Å². The summed E-state index contributed by atoms with van der Waals surface area (Å²) in [4.78, 5) is 12.3. The summed E-state index contributed by atoms with van der Waals surface area (Å²) < 4.78 is 10.5. The van der Waals surface area contributed by atoms with Crippen LogP contribution < -0.4 is 14.9 Å². The number of methoxy groups -OCH3 is 2. The van der Waals surface area contributed by atoms with Gasteiger partial charge in [0.2, 0.25) is 5.91 Å². The second-order valence-electron chi connectivity index (χ2n) is 7.60. The highest BCUT2D eigenvalue weighted by atomic mass is 16.5. The zero-order valence-corrected chi connectivity index (χ0v) is 19.3. The number of azo groups is 1. The number of phenols is 1. The monoisotopic (exact) mass is 468 g/mol. The van der Waals surface area contributed by atoms with Crippen molar-refractivity contribution in [1.82, 2.24) is 5.43 Å². The van der Waals surface area contributed by atoms with Gasteiger partial charge in [0.1, 0.15) is 5.75 Å². The molecule has 4 rings (SSSR count). The zero-order valence-electron chi connectivity index (χ0n) is 19.3. The molecule has 0 aliphatic heterocycles. The maximum atomic E-state index is 12.3. The summed E-state index contributed by atoms with van der Waals surface area (Å²) in [5, 5.41) is 24.9. The largest absolute Gasteiger partial charge is 0.507 e. The molecule has 0 aromatic heterocycles. The van der Waals surface area contributed by atoms with Gasteiger partial charge in [-0.3, -0.25) is 4.79 Å². The maximum Gasteiger partial charge on any atom is 0.244 e. The summed E-state index contributed by atoms with van der Waals surface area (Å²) in [5.74, 6) is 0.815. The van der Waals surface area contributed by atoms with E-state index in [1.165, 1.54) is 19.4 Å². The third-order valence-corrected chi connectivity index (χ3v) is 5.26. The molecule has 0 unspecified atom stereocenters. The first-order valence-corrected chi connectivity index (χ1v) is 10.8. The first-order valence-electron chi connectivity index (χ1n) is 10.8. The predicted molar refractivity (Wildman–Crippen MR) is 135 cm³/mol. The van der Waals surface area contributed by atoms with Crippen LogP contribution in [0.15, 0.2) is 94.2 Å². The molecule has 4 aromatic carbocycles. The van der Waals surface area contributed by atoms with E-state index in [1.54, 1.807) is 37.4 Å². The summed E-state index contributed by atoms with van der Waals surface area (Å²) in [6.07, 6.45) is 1.46. The zero-order chi connectivity index (χ0) is 24.6. The van der Waals surface area contributed by atoms with E-state index in [0.717, 1.165) is 22.0 Å². The van der Waals surface area contributed by atoms with Gasteiger partial charge in [-0.25, -0.2) is 5.43 Å². The molecule has 8 heteroatoms. The van der Waals surface area contributed by atoms with E-state index < -0.39 is 0 Å². The van der Waals surface area contributed by atoms with Crippen molar-refractivity contribution in [2.75, 3.05) is 14.2 Å². The SMILES string of the molecule is COc1ccc(CC(=O)N/N=C\c2cc(N=Nc3cccc4ccccc34)ccc2O)cc1OC. The van der Waals surface area contributed by atoms with Gasteiger partial charge < -0.3 is 14.6 Å². The molecule has 0 saturated heterocycles. The summed E-state index contributed by atoms with van der Waals surface area (Å²) in [7, 11) is 3.09. The second kappa shape index (κ2) is 10.9. The van der Waals surface area contributed by atoms with Crippen LogP contribution in [0.2, 0.25) is 0 Å². The van der Waals surface area contributed by atoms with Crippen molar-refractivity contribution in [1.29, 1.82) is 0 Å². The van der Waals surface area contributed by atoms with Crippen molar-refractivity contribution < 1.29 is 19.4 Å². The highest BCUT2D eigenvalue weighted by molar-refractivity contribution is 5.92. The molecule has 0 aliphatic rings. The summed E-state index contributed by atoms with van der Waals surface area (Å²) in [6.45, 7) is 0. The smallest absolute Gasteiger partial charge is 0.244 e. The van der Waals surface area contributed by atoms with Crippen molar-refractivity contribution in [2.24, 2.45) is 15.3 Å². The van der Waals surface area contributed by atoms with Crippen molar-refractivity contribution in [2.45, 2.75) is 6.42 Å². The molecule has 35 heavy (non-hydrogen) atoms. The Labute approximate surface area is 202 Å². The molecule has 0 bridgehead atoms. The van der Waals surface area contributed by atoms with Gasteiger partial charge in [-0.2, -0.15) is 10.2 Å².